The second-order valence-corrected chi connectivity index (χ2v) is 4.70. The first-order chi connectivity index (χ1) is 9.22. The summed E-state index contributed by atoms with van der Waals surface area (Å²) in [6.45, 7) is 1.93. The van der Waals surface area contributed by atoms with Crippen LogP contribution in [0.2, 0.25) is 0 Å². The van der Waals surface area contributed by atoms with Crippen LogP contribution in [-0.2, 0) is 6.42 Å². The largest absolute Gasteiger partial charge is 0.339 e. The Morgan fingerprint density at radius 1 is 1.37 bits per heavy atom. The Hall–Kier alpha value is -1.82. The Bertz CT molecular complexity index is 579. The van der Waals surface area contributed by atoms with Gasteiger partial charge in [-0.25, -0.2) is 8.78 Å². The molecule has 0 spiro atoms. The molecule has 1 fully saturated rings. The van der Waals surface area contributed by atoms with Crippen molar-refractivity contribution in [3.63, 3.8) is 0 Å². The highest BCUT2D eigenvalue weighted by Gasteiger charge is 2.19. The molecule has 0 aliphatic carbocycles. The number of benzene rings is 1. The van der Waals surface area contributed by atoms with Crippen LogP contribution in [0.4, 0.5) is 8.78 Å². The lowest BCUT2D eigenvalue weighted by molar-refractivity contribution is 0.358. The van der Waals surface area contributed by atoms with Crippen LogP contribution in [-0.4, -0.2) is 23.2 Å². The third-order valence-corrected chi connectivity index (χ3v) is 3.27. The molecule has 0 radical (unpaired) electrons. The molecule has 1 unspecified atom stereocenters. The molecule has 6 heteroatoms. The topological polar surface area (TPSA) is 51.0 Å². The molecule has 1 saturated heterocycles. The molecular formula is C13H13F2N3O. The van der Waals surface area contributed by atoms with Gasteiger partial charge in [0.1, 0.15) is 11.6 Å². The van der Waals surface area contributed by atoms with Gasteiger partial charge >= 0.3 is 0 Å². The molecule has 2 heterocycles. The standard InChI is InChI=1S/C13H13F2N3O/c14-9-1-2-10(11(15)6-9)13-17-12(19-18-13)5-8-3-4-16-7-8/h1-2,6,8,16H,3-5,7H2. The molecule has 1 aliphatic rings. The summed E-state index contributed by atoms with van der Waals surface area (Å²) in [6, 6.07) is 3.30. The maximum Gasteiger partial charge on any atom is 0.227 e. The van der Waals surface area contributed by atoms with Gasteiger partial charge in [0.15, 0.2) is 0 Å². The third-order valence-electron chi connectivity index (χ3n) is 3.27. The van der Waals surface area contributed by atoms with E-state index in [-0.39, 0.29) is 11.4 Å². The molecule has 1 atom stereocenters. The van der Waals surface area contributed by atoms with Crippen LogP contribution in [0.1, 0.15) is 12.3 Å². The van der Waals surface area contributed by atoms with E-state index in [0.717, 1.165) is 25.6 Å². The monoisotopic (exact) mass is 265 g/mol. The SMILES string of the molecule is Fc1ccc(-c2noc(CC3CCNC3)n2)c(F)c1. The molecule has 19 heavy (non-hydrogen) atoms. The van der Waals surface area contributed by atoms with Gasteiger partial charge in [-0.2, -0.15) is 4.98 Å². The molecule has 1 aromatic heterocycles. The predicted molar refractivity (Wildman–Crippen MR) is 64.3 cm³/mol. The summed E-state index contributed by atoms with van der Waals surface area (Å²) in [5.41, 5.74) is 0.154. The maximum absolute atomic E-state index is 13.6. The zero-order valence-corrected chi connectivity index (χ0v) is 10.2. The van der Waals surface area contributed by atoms with Gasteiger partial charge in [0.25, 0.3) is 0 Å². The quantitative estimate of drug-likeness (QED) is 0.924. The van der Waals surface area contributed by atoms with Crippen LogP contribution in [0.15, 0.2) is 22.7 Å². The zero-order valence-electron chi connectivity index (χ0n) is 10.2. The second kappa shape index (κ2) is 5.05. The van der Waals surface area contributed by atoms with Gasteiger partial charge in [-0.1, -0.05) is 5.16 Å². The van der Waals surface area contributed by atoms with Crippen LogP contribution >= 0.6 is 0 Å². The molecule has 0 bridgehead atoms. The fourth-order valence-electron chi connectivity index (χ4n) is 2.25. The number of halogens is 2. The predicted octanol–water partition coefficient (Wildman–Crippen LogP) is 2.17. The zero-order chi connectivity index (χ0) is 13.2. The number of aromatic nitrogens is 2. The van der Waals surface area contributed by atoms with E-state index in [1.165, 1.54) is 12.1 Å². The van der Waals surface area contributed by atoms with Crippen molar-refractivity contribution in [2.45, 2.75) is 12.8 Å². The van der Waals surface area contributed by atoms with Crippen LogP contribution in [0.3, 0.4) is 0 Å². The van der Waals surface area contributed by atoms with E-state index in [2.05, 4.69) is 15.5 Å². The Morgan fingerprint density at radius 2 is 2.26 bits per heavy atom. The van der Waals surface area contributed by atoms with E-state index in [1.807, 2.05) is 0 Å². The fourth-order valence-corrected chi connectivity index (χ4v) is 2.25. The molecule has 1 aromatic carbocycles. The number of nitrogens with one attached hydrogen (secondary N) is 1. The smallest absolute Gasteiger partial charge is 0.227 e. The number of nitrogens with zero attached hydrogens (tertiary/aromatic N) is 2. The highest BCUT2D eigenvalue weighted by atomic mass is 19.1. The molecule has 0 amide bonds. The fraction of sp³-hybridized carbons (Fsp3) is 0.385. The van der Waals surface area contributed by atoms with Gasteiger partial charge in [0, 0.05) is 12.5 Å². The lowest BCUT2D eigenvalue weighted by Gasteiger charge is -2.01. The molecule has 1 aliphatic heterocycles. The van der Waals surface area contributed by atoms with Crippen molar-refractivity contribution in [2.75, 3.05) is 13.1 Å². The van der Waals surface area contributed by atoms with Crippen molar-refractivity contribution in [3.8, 4) is 11.4 Å². The summed E-state index contributed by atoms with van der Waals surface area (Å²) in [6.07, 6.45) is 1.76. The van der Waals surface area contributed by atoms with Crippen LogP contribution < -0.4 is 5.32 Å². The molecule has 100 valence electrons. The Balaban J connectivity index is 1.80. The lowest BCUT2D eigenvalue weighted by Crippen LogP contribution is -2.10. The molecule has 1 N–H and O–H groups in total. The normalized spacial score (nSPS) is 18.9. The highest BCUT2D eigenvalue weighted by molar-refractivity contribution is 5.54. The molecular weight excluding hydrogens is 252 g/mol. The minimum Gasteiger partial charge on any atom is -0.339 e. The lowest BCUT2D eigenvalue weighted by atomic mass is 10.1. The minimum absolute atomic E-state index is 0.154. The first-order valence-electron chi connectivity index (χ1n) is 6.21. The third kappa shape index (κ3) is 2.63. The van der Waals surface area contributed by atoms with Crippen molar-refractivity contribution in [2.24, 2.45) is 5.92 Å². The van der Waals surface area contributed by atoms with E-state index < -0.39 is 11.6 Å². The van der Waals surface area contributed by atoms with Gasteiger partial charge in [0.05, 0.1) is 5.56 Å². The van der Waals surface area contributed by atoms with Crippen molar-refractivity contribution >= 4 is 0 Å². The van der Waals surface area contributed by atoms with Gasteiger partial charge < -0.3 is 9.84 Å². The van der Waals surface area contributed by atoms with Gasteiger partial charge in [-0.05, 0) is 37.6 Å². The summed E-state index contributed by atoms with van der Waals surface area (Å²) in [5.74, 6) is -0.172. The summed E-state index contributed by atoms with van der Waals surface area (Å²) in [7, 11) is 0. The van der Waals surface area contributed by atoms with E-state index in [1.54, 1.807) is 0 Å². The van der Waals surface area contributed by atoms with Crippen molar-refractivity contribution in [1.29, 1.82) is 0 Å². The van der Waals surface area contributed by atoms with E-state index in [9.17, 15) is 8.78 Å². The van der Waals surface area contributed by atoms with Crippen molar-refractivity contribution in [3.05, 3.63) is 35.7 Å². The van der Waals surface area contributed by atoms with E-state index >= 15 is 0 Å². The molecule has 3 rings (SSSR count). The van der Waals surface area contributed by atoms with Crippen LogP contribution in [0.25, 0.3) is 11.4 Å². The average Bonchev–Trinajstić information content (AvgIpc) is 3.01. The first kappa shape index (κ1) is 12.2. The first-order valence-corrected chi connectivity index (χ1v) is 6.21. The number of rotatable bonds is 3. The number of hydrogen-bond donors (Lipinski definition) is 1. The van der Waals surface area contributed by atoms with Gasteiger partial charge in [-0.3, -0.25) is 0 Å². The van der Waals surface area contributed by atoms with Crippen molar-refractivity contribution in [1.82, 2.24) is 15.5 Å². The summed E-state index contributed by atoms with van der Waals surface area (Å²) in [5, 5.41) is 7.00. The molecule has 4 nitrogen and oxygen atoms in total. The Labute approximate surface area is 108 Å². The minimum atomic E-state index is -0.685. The average molecular weight is 265 g/mol. The Kier molecular flexibility index (Phi) is 3.25. The van der Waals surface area contributed by atoms with Crippen molar-refractivity contribution < 1.29 is 13.3 Å². The Morgan fingerprint density at radius 3 is 3.00 bits per heavy atom. The van der Waals surface area contributed by atoms with Gasteiger partial charge in [0.2, 0.25) is 11.7 Å². The van der Waals surface area contributed by atoms with Gasteiger partial charge in [-0.15, -0.1) is 0 Å². The second-order valence-electron chi connectivity index (χ2n) is 4.70. The summed E-state index contributed by atoms with van der Waals surface area (Å²) < 4.78 is 31.5. The summed E-state index contributed by atoms with van der Waals surface area (Å²) in [4.78, 5) is 4.17. The van der Waals surface area contributed by atoms with E-state index in [0.29, 0.717) is 18.2 Å². The molecule has 2 aromatic rings. The van der Waals surface area contributed by atoms with Crippen LogP contribution in [0.5, 0.6) is 0 Å². The molecule has 0 saturated carbocycles. The van der Waals surface area contributed by atoms with E-state index in [4.69, 9.17) is 4.52 Å². The maximum atomic E-state index is 13.6. The highest BCUT2D eigenvalue weighted by Crippen LogP contribution is 2.22. The number of hydrogen-bond acceptors (Lipinski definition) is 4. The summed E-state index contributed by atoms with van der Waals surface area (Å²) >= 11 is 0. The van der Waals surface area contributed by atoms with Crippen LogP contribution in [0, 0.1) is 17.6 Å².